The maximum Gasteiger partial charge on any atom is 0.276 e. The Hall–Kier alpha value is -2.70. The van der Waals surface area contributed by atoms with Crippen molar-refractivity contribution in [2.45, 2.75) is 6.54 Å². The molecule has 0 atom stereocenters. The van der Waals surface area contributed by atoms with Crippen LogP contribution < -0.4 is 0 Å². The van der Waals surface area contributed by atoms with Crippen molar-refractivity contribution in [3.8, 4) is 5.69 Å². The van der Waals surface area contributed by atoms with Crippen LogP contribution in [0.2, 0.25) is 5.02 Å². The van der Waals surface area contributed by atoms with Crippen LogP contribution in [0.15, 0.2) is 60.8 Å². The number of nitrogens with zero attached hydrogens (tertiary/aromatic N) is 5. The lowest BCUT2D eigenvalue weighted by molar-refractivity contribution is 0.0622. The van der Waals surface area contributed by atoms with Gasteiger partial charge >= 0.3 is 0 Å². The van der Waals surface area contributed by atoms with Crippen LogP contribution in [0.5, 0.6) is 0 Å². The Morgan fingerprint density at radius 3 is 2.52 bits per heavy atom. The van der Waals surface area contributed by atoms with Gasteiger partial charge in [-0.2, -0.15) is 0 Å². The molecule has 1 amide bonds. The van der Waals surface area contributed by atoms with Crippen molar-refractivity contribution < 1.29 is 4.79 Å². The fourth-order valence-electron chi connectivity index (χ4n) is 3.22. The lowest BCUT2D eigenvalue weighted by Crippen LogP contribution is -2.48. The van der Waals surface area contributed by atoms with Crippen LogP contribution >= 0.6 is 11.6 Å². The second kappa shape index (κ2) is 7.90. The first-order valence-corrected chi connectivity index (χ1v) is 9.31. The summed E-state index contributed by atoms with van der Waals surface area (Å²) in [6.07, 6.45) is 1.66. The van der Waals surface area contributed by atoms with Crippen LogP contribution in [0.25, 0.3) is 5.69 Å². The number of amides is 1. The lowest BCUT2D eigenvalue weighted by Gasteiger charge is -2.34. The third-order valence-corrected chi connectivity index (χ3v) is 4.93. The van der Waals surface area contributed by atoms with Crippen LogP contribution in [-0.4, -0.2) is 56.9 Å². The van der Waals surface area contributed by atoms with Gasteiger partial charge in [-0.25, -0.2) is 4.68 Å². The van der Waals surface area contributed by atoms with Crippen molar-refractivity contribution in [2.24, 2.45) is 0 Å². The van der Waals surface area contributed by atoms with Crippen molar-refractivity contribution in [1.29, 1.82) is 0 Å². The monoisotopic (exact) mass is 381 g/mol. The minimum atomic E-state index is -0.0809. The zero-order chi connectivity index (χ0) is 18.6. The number of carbonyl (C=O) groups excluding carboxylic acids is 1. The summed E-state index contributed by atoms with van der Waals surface area (Å²) in [5.74, 6) is -0.0809. The summed E-state index contributed by atoms with van der Waals surface area (Å²) in [5, 5.41) is 8.73. The maximum absolute atomic E-state index is 12.7. The zero-order valence-electron chi connectivity index (χ0n) is 14.8. The van der Waals surface area contributed by atoms with E-state index in [0.29, 0.717) is 23.8 Å². The van der Waals surface area contributed by atoms with Crippen LogP contribution in [0, 0.1) is 0 Å². The van der Waals surface area contributed by atoms with E-state index in [2.05, 4.69) is 39.5 Å². The van der Waals surface area contributed by atoms with Gasteiger partial charge in [0.25, 0.3) is 5.91 Å². The van der Waals surface area contributed by atoms with E-state index in [-0.39, 0.29) is 5.91 Å². The molecule has 0 radical (unpaired) electrons. The molecular weight excluding hydrogens is 362 g/mol. The number of carbonyl (C=O) groups is 1. The van der Waals surface area contributed by atoms with Gasteiger partial charge in [0.05, 0.1) is 11.9 Å². The summed E-state index contributed by atoms with van der Waals surface area (Å²) >= 11 is 6.02. The lowest BCUT2D eigenvalue weighted by atomic mass is 10.2. The molecule has 1 saturated heterocycles. The third-order valence-electron chi connectivity index (χ3n) is 4.69. The van der Waals surface area contributed by atoms with E-state index in [4.69, 9.17) is 11.6 Å². The summed E-state index contributed by atoms with van der Waals surface area (Å²) in [5.41, 5.74) is 2.43. The summed E-state index contributed by atoms with van der Waals surface area (Å²) in [4.78, 5) is 16.9. The van der Waals surface area contributed by atoms with E-state index in [0.717, 1.165) is 25.3 Å². The summed E-state index contributed by atoms with van der Waals surface area (Å²) in [6.45, 7) is 3.99. The SMILES string of the molecule is O=C(c1cn(-c2cccc(Cl)c2)nn1)N1CCN(Cc2ccccc2)CC1. The molecular formula is C20H20ClN5O. The van der Waals surface area contributed by atoms with Crippen molar-refractivity contribution in [3.05, 3.63) is 77.1 Å². The molecule has 1 aliphatic rings. The highest BCUT2D eigenvalue weighted by atomic mass is 35.5. The van der Waals surface area contributed by atoms with Crippen LogP contribution in [0.1, 0.15) is 16.1 Å². The van der Waals surface area contributed by atoms with Gasteiger partial charge < -0.3 is 4.90 Å². The minimum absolute atomic E-state index is 0.0809. The Morgan fingerprint density at radius 2 is 1.78 bits per heavy atom. The summed E-state index contributed by atoms with van der Waals surface area (Å²) in [7, 11) is 0. The molecule has 7 heteroatoms. The van der Waals surface area contributed by atoms with E-state index < -0.39 is 0 Å². The number of halogens is 1. The Balaban J connectivity index is 1.37. The first-order valence-electron chi connectivity index (χ1n) is 8.93. The number of benzene rings is 2. The molecule has 0 saturated carbocycles. The first-order chi connectivity index (χ1) is 13.2. The first kappa shape index (κ1) is 17.7. The largest absolute Gasteiger partial charge is 0.335 e. The molecule has 6 nitrogen and oxygen atoms in total. The third kappa shape index (κ3) is 4.18. The molecule has 2 heterocycles. The standard InChI is InChI=1S/C20H20ClN5O/c21-17-7-4-8-18(13-17)26-15-19(22-23-26)20(27)25-11-9-24(10-12-25)14-16-5-2-1-3-6-16/h1-8,13,15H,9-12,14H2. The molecule has 0 spiro atoms. The molecule has 1 aromatic heterocycles. The van der Waals surface area contributed by atoms with E-state index in [1.807, 2.05) is 23.1 Å². The predicted molar refractivity (Wildman–Crippen MR) is 104 cm³/mol. The van der Waals surface area contributed by atoms with Gasteiger partial charge in [0, 0.05) is 37.7 Å². The second-order valence-corrected chi connectivity index (χ2v) is 7.02. The topological polar surface area (TPSA) is 54.3 Å². The number of hydrogen-bond acceptors (Lipinski definition) is 4. The molecule has 3 aromatic rings. The summed E-state index contributed by atoms with van der Waals surface area (Å²) < 4.78 is 1.57. The molecule has 1 aliphatic heterocycles. The van der Waals surface area contributed by atoms with E-state index in [1.165, 1.54) is 5.56 Å². The quantitative estimate of drug-likeness (QED) is 0.697. The second-order valence-electron chi connectivity index (χ2n) is 6.58. The molecule has 2 aromatic carbocycles. The number of rotatable bonds is 4. The van der Waals surface area contributed by atoms with Crippen LogP contribution in [0.3, 0.4) is 0 Å². The maximum atomic E-state index is 12.7. The van der Waals surface area contributed by atoms with Crippen molar-refractivity contribution in [1.82, 2.24) is 24.8 Å². The van der Waals surface area contributed by atoms with Gasteiger partial charge in [-0.3, -0.25) is 9.69 Å². The van der Waals surface area contributed by atoms with Crippen molar-refractivity contribution in [3.63, 3.8) is 0 Å². The highest BCUT2D eigenvalue weighted by molar-refractivity contribution is 6.30. The molecule has 138 valence electrons. The van der Waals surface area contributed by atoms with Gasteiger partial charge in [0.2, 0.25) is 0 Å². The van der Waals surface area contributed by atoms with Gasteiger partial charge in [0.1, 0.15) is 0 Å². The molecule has 4 rings (SSSR count). The van der Waals surface area contributed by atoms with Gasteiger partial charge in [0.15, 0.2) is 5.69 Å². The Morgan fingerprint density at radius 1 is 1.00 bits per heavy atom. The molecule has 27 heavy (non-hydrogen) atoms. The number of aromatic nitrogens is 3. The van der Waals surface area contributed by atoms with E-state index in [9.17, 15) is 4.79 Å². The zero-order valence-corrected chi connectivity index (χ0v) is 15.6. The van der Waals surface area contributed by atoms with Gasteiger partial charge in [-0.05, 0) is 23.8 Å². The minimum Gasteiger partial charge on any atom is -0.335 e. The highest BCUT2D eigenvalue weighted by Crippen LogP contribution is 2.15. The predicted octanol–water partition coefficient (Wildman–Crippen LogP) is 2.88. The van der Waals surface area contributed by atoms with E-state index in [1.54, 1.807) is 23.0 Å². The smallest absolute Gasteiger partial charge is 0.276 e. The average molecular weight is 382 g/mol. The Kier molecular flexibility index (Phi) is 5.18. The Bertz CT molecular complexity index is 919. The average Bonchev–Trinajstić information content (AvgIpc) is 3.19. The molecule has 0 unspecified atom stereocenters. The van der Waals surface area contributed by atoms with Gasteiger partial charge in [-0.15, -0.1) is 5.10 Å². The van der Waals surface area contributed by atoms with Crippen molar-refractivity contribution >= 4 is 17.5 Å². The molecule has 1 fully saturated rings. The normalized spacial score (nSPS) is 15.1. The number of piperazine rings is 1. The molecule has 0 bridgehead atoms. The highest BCUT2D eigenvalue weighted by Gasteiger charge is 2.24. The fraction of sp³-hybridized carbons (Fsp3) is 0.250. The summed E-state index contributed by atoms with van der Waals surface area (Å²) in [6, 6.07) is 17.7. The van der Waals surface area contributed by atoms with Gasteiger partial charge in [-0.1, -0.05) is 53.2 Å². The van der Waals surface area contributed by atoms with Crippen molar-refractivity contribution in [2.75, 3.05) is 26.2 Å². The fourth-order valence-corrected chi connectivity index (χ4v) is 3.40. The van der Waals surface area contributed by atoms with E-state index >= 15 is 0 Å². The van der Waals surface area contributed by atoms with Crippen LogP contribution in [0.4, 0.5) is 0 Å². The number of hydrogen-bond donors (Lipinski definition) is 0. The molecule has 0 N–H and O–H groups in total. The van der Waals surface area contributed by atoms with Crippen LogP contribution in [-0.2, 0) is 6.54 Å². The molecule has 0 aliphatic carbocycles. The Labute approximate surface area is 163 Å².